The highest BCUT2D eigenvalue weighted by Crippen LogP contribution is 2.37. The maximum atomic E-state index is 4.92. The van der Waals surface area contributed by atoms with E-state index in [-0.39, 0.29) is 0 Å². The summed E-state index contributed by atoms with van der Waals surface area (Å²) in [6.45, 7) is 4.39. The van der Waals surface area contributed by atoms with Gasteiger partial charge in [0, 0.05) is 42.3 Å². The molecule has 4 aromatic rings. The van der Waals surface area contributed by atoms with E-state index in [0.29, 0.717) is 17.8 Å². The Hall–Kier alpha value is -3.29. The number of rotatable bonds is 5. The third-order valence-corrected chi connectivity index (χ3v) is 7.44. The first kappa shape index (κ1) is 20.3. The minimum atomic E-state index is 0.466. The number of aromatic nitrogens is 6. The normalized spacial score (nSPS) is 17.9. The van der Waals surface area contributed by atoms with E-state index in [9.17, 15) is 0 Å². The smallest absolute Gasteiger partial charge is 0.230 e. The molecule has 0 atom stereocenters. The lowest BCUT2D eigenvalue weighted by atomic mass is 9.94. The van der Waals surface area contributed by atoms with Crippen molar-refractivity contribution in [2.75, 3.05) is 23.3 Å². The maximum Gasteiger partial charge on any atom is 0.230 e. The first-order chi connectivity index (χ1) is 16.3. The predicted octanol–water partition coefficient (Wildman–Crippen LogP) is 5.25. The molecule has 2 aliphatic rings. The molecule has 1 aliphatic heterocycles. The molecule has 1 saturated carbocycles. The Morgan fingerprint density at radius 2 is 1.82 bits per heavy atom. The second-order valence-corrected chi connectivity index (χ2v) is 9.37. The lowest BCUT2D eigenvalue weighted by Crippen LogP contribution is -2.34. The van der Waals surface area contributed by atoms with Crippen LogP contribution in [-0.2, 0) is 0 Å². The van der Waals surface area contributed by atoms with Crippen molar-refractivity contribution in [2.45, 2.75) is 57.9 Å². The second-order valence-electron chi connectivity index (χ2n) is 9.37. The van der Waals surface area contributed by atoms with E-state index in [4.69, 9.17) is 4.98 Å². The molecule has 1 saturated heterocycles. The van der Waals surface area contributed by atoms with Gasteiger partial charge in [0.05, 0.1) is 11.7 Å². The molecule has 2 fully saturated rings. The minimum absolute atomic E-state index is 0.466. The fraction of sp³-hybridized carbons (Fsp3) is 0.480. The molecule has 8 heteroatoms. The van der Waals surface area contributed by atoms with Crippen molar-refractivity contribution in [3.63, 3.8) is 0 Å². The Labute approximate surface area is 193 Å². The summed E-state index contributed by atoms with van der Waals surface area (Å²) in [5, 5.41) is 14.4. The van der Waals surface area contributed by atoms with Crippen molar-refractivity contribution in [3.8, 4) is 0 Å². The average Bonchev–Trinajstić information content (AvgIpc) is 3.50. The first-order valence-corrected chi connectivity index (χ1v) is 12.3. The van der Waals surface area contributed by atoms with Gasteiger partial charge in [-0.3, -0.25) is 4.98 Å². The van der Waals surface area contributed by atoms with E-state index >= 15 is 0 Å². The summed E-state index contributed by atoms with van der Waals surface area (Å²) < 4.78 is 2.37. The lowest BCUT2D eigenvalue weighted by molar-refractivity contribution is 0.393. The SMILES string of the molecule is CCC1CCN(c2ccc(Nc3ncc4c5ccncc5n(C5CCCC5)c4n3)nn2)CC1. The van der Waals surface area contributed by atoms with Crippen LogP contribution in [0.4, 0.5) is 17.6 Å². The molecular weight excluding hydrogens is 412 g/mol. The van der Waals surface area contributed by atoms with Gasteiger partial charge < -0.3 is 14.8 Å². The summed E-state index contributed by atoms with van der Waals surface area (Å²) in [6, 6.07) is 6.54. The van der Waals surface area contributed by atoms with Crippen molar-refractivity contribution in [1.29, 1.82) is 0 Å². The van der Waals surface area contributed by atoms with Crippen LogP contribution < -0.4 is 10.2 Å². The summed E-state index contributed by atoms with van der Waals surface area (Å²) in [4.78, 5) is 16.2. The van der Waals surface area contributed by atoms with Gasteiger partial charge in [0.2, 0.25) is 5.95 Å². The van der Waals surface area contributed by atoms with Gasteiger partial charge in [-0.25, -0.2) is 4.98 Å². The molecule has 6 rings (SSSR count). The van der Waals surface area contributed by atoms with Crippen LogP contribution in [0.5, 0.6) is 0 Å². The van der Waals surface area contributed by atoms with Gasteiger partial charge in [0.15, 0.2) is 11.6 Å². The topological polar surface area (TPSA) is 84.6 Å². The van der Waals surface area contributed by atoms with Crippen molar-refractivity contribution in [2.24, 2.45) is 5.92 Å². The van der Waals surface area contributed by atoms with Gasteiger partial charge in [0.25, 0.3) is 0 Å². The number of nitrogens with one attached hydrogen (secondary N) is 1. The summed E-state index contributed by atoms with van der Waals surface area (Å²) in [7, 11) is 0. The van der Waals surface area contributed by atoms with Gasteiger partial charge >= 0.3 is 0 Å². The van der Waals surface area contributed by atoms with Crippen LogP contribution in [0.3, 0.4) is 0 Å². The Kier molecular flexibility index (Phi) is 5.28. The van der Waals surface area contributed by atoms with E-state index in [1.165, 1.54) is 44.9 Å². The fourth-order valence-electron chi connectivity index (χ4n) is 5.50. The van der Waals surface area contributed by atoms with Gasteiger partial charge in [-0.05, 0) is 49.8 Å². The van der Waals surface area contributed by atoms with E-state index in [0.717, 1.165) is 46.8 Å². The highest BCUT2D eigenvalue weighted by Gasteiger charge is 2.23. The van der Waals surface area contributed by atoms with E-state index in [1.807, 2.05) is 30.7 Å². The molecule has 0 radical (unpaired) electrons. The standard InChI is InChI=1S/C25H30N8/c1-2-17-10-13-32(14-11-17)23-8-7-22(30-31-23)28-25-27-15-20-19-9-12-26-16-21(19)33(24(20)29-25)18-5-3-4-6-18/h7-9,12,15-18H,2-6,10-11,13-14H2,1H3,(H,27,28,29,30). The summed E-state index contributed by atoms with van der Waals surface area (Å²) in [5.41, 5.74) is 2.10. The molecule has 4 aromatic heterocycles. The molecule has 1 N–H and O–H groups in total. The molecule has 8 nitrogen and oxygen atoms in total. The summed E-state index contributed by atoms with van der Waals surface area (Å²) >= 11 is 0. The Morgan fingerprint density at radius 3 is 2.58 bits per heavy atom. The first-order valence-electron chi connectivity index (χ1n) is 12.3. The Morgan fingerprint density at radius 1 is 0.970 bits per heavy atom. The van der Waals surface area contributed by atoms with Crippen LogP contribution in [0.25, 0.3) is 21.9 Å². The second kappa shape index (κ2) is 8.57. The molecule has 0 amide bonds. The highest BCUT2D eigenvalue weighted by atomic mass is 15.3. The van der Waals surface area contributed by atoms with Crippen molar-refractivity contribution >= 4 is 39.5 Å². The summed E-state index contributed by atoms with van der Waals surface area (Å²) in [5.74, 6) is 2.99. The molecular formula is C25H30N8. The molecule has 0 bridgehead atoms. The zero-order chi connectivity index (χ0) is 22.2. The predicted molar refractivity (Wildman–Crippen MR) is 131 cm³/mol. The van der Waals surface area contributed by atoms with Gasteiger partial charge in [-0.15, -0.1) is 10.2 Å². The number of fused-ring (bicyclic) bond motifs is 3. The number of hydrogen-bond acceptors (Lipinski definition) is 7. The van der Waals surface area contributed by atoms with E-state index in [2.05, 4.69) is 47.9 Å². The van der Waals surface area contributed by atoms with E-state index < -0.39 is 0 Å². The van der Waals surface area contributed by atoms with Gasteiger partial charge in [-0.2, -0.15) is 4.98 Å². The fourth-order valence-corrected chi connectivity index (χ4v) is 5.50. The third kappa shape index (κ3) is 3.77. The molecule has 5 heterocycles. The highest BCUT2D eigenvalue weighted by molar-refractivity contribution is 6.06. The molecule has 0 unspecified atom stereocenters. The van der Waals surface area contributed by atoms with Gasteiger partial charge in [-0.1, -0.05) is 26.2 Å². The number of pyridine rings is 1. The Balaban J connectivity index is 1.27. The van der Waals surface area contributed by atoms with E-state index in [1.54, 1.807) is 0 Å². The van der Waals surface area contributed by atoms with Crippen LogP contribution >= 0.6 is 0 Å². The van der Waals surface area contributed by atoms with Crippen LogP contribution in [0.1, 0.15) is 57.9 Å². The van der Waals surface area contributed by atoms with Crippen LogP contribution in [0, 0.1) is 5.92 Å². The van der Waals surface area contributed by atoms with Crippen molar-refractivity contribution in [1.82, 2.24) is 29.7 Å². The minimum Gasteiger partial charge on any atom is -0.355 e. The van der Waals surface area contributed by atoms with Crippen LogP contribution in [0.15, 0.2) is 36.8 Å². The number of anilines is 3. The third-order valence-electron chi connectivity index (χ3n) is 7.44. The average molecular weight is 443 g/mol. The number of piperidine rings is 1. The number of nitrogens with zero attached hydrogens (tertiary/aromatic N) is 7. The lowest BCUT2D eigenvalue weighted by Gasteiger charge is -2.32. The molecule has 33 heavy (non-hydrogen) atoms. The molecule has 1 aliphatic carbocycles. The quantitative estimate of drug-likeness (QED) is 0.451. The molecule has 170 valence electrons. The maximum absolute atomic E-state index is 4.92. The van der Waals surface area contributed by atoms with Crippen LogP contribution in [0.2, 0.25) is 0 Å². The van der Waals surface area contributed by atoms with Gasteiger partial charge in [0.1, 0.15) is 5.65 Å². The van der Waals surface area contributed by atoms with Crippen molar-refractivity contribution < 1.29 is 0 Å². The monoisotopic (exact) mass is 442 g/mol. The number of hydrogen-bond donors (Lipinski definition) is 1. The van der Waals surface area contributed by atoms with Crippen LogP contribution in [-0.4, -0.2) is 42.8 Å². The summed E-state index contributed by atoms with van der Waals surface area (Å²) in [6.07, 6.45) is 14.3. The van der Waals surface area contributed by atoms with Crippen molar-refractivity contribution in [3.05, 3.63) is 36.8 Å². The molecule has 0 aromatic carbocycles. The largest absolute Gasteiger partial charge is 0.355 e. The molecule has 0 spiro atoms. The zero-order valence-electron chi connectivity index (χ0n) is 19.1. The zero-order valence-corrected chi connectivity index (χ0v) is 19.1. The Bertz CT molecular complexity index is 1250.